The van der Waals surface area contributed by atoms with Gasteiger partial charge >= 0.3 is 0 Å². The molecule has 5 aliphatic rings. The number of rotatable bonds is 9. The lowest BCUT2D eigenvalue weighted by Crippen LogP contribution is -2.55. The second-order valence-electron chi connectivity index (χ2n) is 14.2. The first-order valence-electron chi connectivity index (χ1n) is 17.5. The van der Waals surface area contributed by atoms with Gasteiger partial charge in [0.15, 0.2) is 30.4 Å². The predicted molar refractivity (Wildman–Crippen MR) is 181 cm³/mol. The van der Waals surface area contributed by atoms with Crippen LogP contribution in [0, 0.1) is 5.92 Å². The number of carbonyl (C=O) groups excluding carboxylic acids is 3. The third-order valence-electron chi connectivity index (χ3n) is 10.9. The monoisotopic (exact) mass is 724 g/mol. The molecule has 3 fully saturated rings. The lowest BCUT2D eigenvalue weighted by molar-refractivity contribution is -0.255. The van der Waals surface area contributed by atoms with Gasteiger partial charge in [0.25, 0.3) is 0 Å². The molecule has 3 aliphatic heterocycles. The SMILES string of the molecule is COc1cccc2c1C(=O)c1c(O)c3c(c(O)c1C2=O)C[C@@](O)(/C(CO)=N/CC(=O)C(C)C)C[C@@H]3OC1C[C@H]2[C@H](O[C@@H]3[C@@H](OC)OCCN32)[C@H](C)O1. The molecule has 2 aromatic carbocycles. The fourth-order valence-electron chi connectivity index (χ4n) is 8.25. The average Bonchev–Trinajstić information content (AvgIpc) is 3.51. The number of phenolic OH excluding ortho intramolecular Hbond substituents is 2. The maximum atomic E-state index is 14.1. The molecule has 1 unspecified atom stereocenters. The molecule has 0 spiro atoms. The molecule has 0 amide bonds. The van der Waals surface area contributed by atoms with Gasteiger partial charge in [-0.1, -0.05) is 26.0 Å². The zero-order chi connectivity index (χ0) is 37.2. The smallest absolute Gasteiger partial charge is 0.202 e. The summed E-state index contributed by atoms with van der Waals surface area (Å²) in [5.41, 5.74) is -3.16. The van der Waals surface area contributed by atoms with E-state index in [0.29, 0.717) is 19.6 Å². The molecule has 2 aromatic rings. The Kier molecular flexibility index (Phi) is 9.76. The highest BCUT2D eigenvalue weighted by Crippen LogP contribution is 2.53. The minimum Gasteiger partial charge on any atom is -0.507 e. The molecule has 15 nitrogen and oxygen atoms in total. The Hall–Kier alpha value is -3.80. The maximum Gasteiger partial charge on any atom is 0.202 e. The van der Waals surface area contributed by atoms with Crippen molar-refractivity contribution >= 4 is 23.1 Å². The molecule has 0 bridgehead atoms. The van der Waals surface area contributed by atoms with Crippen molar-refractivity contribution in [1.29, 1.82) is 0 Å². The molecule has 7 rings (SSSR count). The van der Waals surface area contributed by atoms with Crippen LogP contribution >= 0.6 is 0 Å². The minimum absolute atomic E-state index is 0.0132. The fourth-order valence-corrected chi connectivity index (χ4v) is 8.25. The maximum absolute atomic E-state index is 14.1. The Bertz CT molecular complexity index is 1830. The normalized spacial score (nSPS) is 31.5. The zero-order valence-electron chi connectivity index (χ0n) is 29.7. The van der Waals surface area contributed by atoms with E-state index in [1.165, 1.54) is 25.3 Å². The highest BCUT2D eigenvalue weighted by Gasteiger charge is 2.55. The lowest BCUT2D eigenvalue weighted by atomic mass is 9.71. The number of methoxy groups -OCH3 is 2. The summed E-state index contributed by atoms with van der Waals surface area (Å²) >= 11 is 0. The van der Waals surface area contributed by atoms with Crippen LogP contribution in [0.15, 0.2) is 23.2 Å². The Balaban J connectivity index is 1.31. The summed E-state index contributed by atoms with van der Waals surface area (Å²) in [6.07, 6.45) is -4.50. The molecule has 3 saturated heterocycles. The van der Waals surface area contributed by atoms with Crippen molar-refractivity contribution in [3.63, 3.8) is 0 Å². The van der Waals surface area contributed by atoms with Crippen molar-refractivity contribution in [3.05, 3.63) is 51.6 Å². The van der Waals surface area contributed by atoms with E-state index in [1.54, 1.807) is 21.0 Å². The van der Waals surface area contributed by atoms with Crippen LogP contribution in [0.2, 0.25) is 0 Å². The van der Waals surface area contributed by atoms with Crippen molar-refractivity contribution in [2.45, 2.75) is 88.8 Å². The molecule has 280 valence electrons. The summed E-state index contributed by atoms with van der Waals surface area (Å²) in [6.45, 7) is 5.22. The van der Waals surface area contributed by atoms with Crippen molar-refractivity contribution in [1.82, 2.24) is 4.90 Å². The minimum atomic E-state index is -2.01. The van der Waals surface area contributed by atoms with Crippen LogP contribution in [0.4, 0.5) is 0 Å². The van der Waals surface area contributed by atoms with Crippen molar-refractivity contribution in [2.75, 3.05) is 40.5 Å². The lowest BCUT2D eigenvalue weighted by Gasteiger charge is -2.44. The van der Waals surface area contributed by atoms with E-state index >= 15 is 0 Å². The van der Waals surface area contributed by atoms with Crippen molar-refractivity contribution in [2.24, 2.45) is 10.9 Å². The van der Waals surface area contributed by atoms with Gasteiger partial charge in [-0.3, -0.25) is 24.3 Å². The quantitative estimate of drug-likeness (QED) is 0.184. The number of nitrogens with zero attached hydrogens (tertiary/aromatic N) is 2. The number of fused-ring (bicyclic) bond motifs is 6. The van der Waals surface area contributed by atoms with Gasteiger partial charge < -0.3 is 48.8 Å². The summed E-state index contributed by atoms with van der Waals surface area (Å²) in [4.78, 5) is 47.0. The van der Waals surface area contributed by atoms with E-state index in [0.717, 1.165) is 0 Å². The molecule has 52 heavy (non-hydrogen) atoms. The van der Waals surface area contributed by atoms with Crippen molar-refractivity contribution < 1.29 is 63.2 Å². The Morgan fingerprint density at radius 3 is 2.54 bits per heavy atom. The molecule has 0 radical (unpaired) electrons. The summed E-state index contributed by atoms with van der Waals surface area (Å²) in [7, 11) is 2.90. The number of hydrogen-bond donors (Lipinski definition) is 4. The molecule has 2 aliphatic carbocycles. The van der Waals surface area contributed by atoms with Gasteiger partial charge in [0.05, 0.1) is 61.5 Å². The zero-order valence-corrected chi connectivity index (χ0v) is 29.7. The van der Waals surface area contributed by atoms with E-state index in [4.69, 9.17) is 28.4 Å². The number of carbonyl (C=O) groups is 3. The van der Waals surface area contributed by atoms with Crippen molar-refractivity contribution in [3.8, 4) is 17.2 Å². The van der Waals surface area contributed by atoms with E-state index < -0.39 is 83.8 Å². The summed E-state index contributed by atoms with van der Waals surface area (Å²) in [5.74, 6) is -3.13. The molecular formula is C37H44N2O13. The molecule has 3 heterocycles. The number of aliphatic hydroxyl groups excluding tert-OH is 1. The van der Waals surface area contributed by atoms with Gasteiger partial charge in [-0.05, 0) is 13.0 Å². The Labute approximate surface area is 300 Å². The number of hydrogen-bond acceptors (Lipinski definition) is 15. The highest BCUT2D eigenvalue weighted by atomic mass is 16.7. The van der Waals surface area contributed by atoms with Crippen LogP contribution in [0.3, 0.4) is 0 Å². The number of Topliss-reactive ketones (excluding diaryl/α,β-unsaturated/α-hetero) is 1. The van der Waals surface area contributed by atoms with Crippen LogP contribution in [-0.2, 0) is 34.9 Å². The second kappa shape index (κ2) is 13.9. The first-order valence-corrected chi connectivity index (χ1v) is 17.5. The van der Waals surface area contributed by atoms with Crippen LogP contribution in [0.1, 0.15) is 82.7 Å². The Morgan fingerprint density at radius 1 is 1.10 bits per heavy atom. The second-order valence-corrected chi connectivity index (χ2v) is 14.2. The topological polar surface area (TPSA) is 203 Å². The molecule has 0 aromatic heterocycles. The van der Waals surface area contributed by atoms with Gasteiger partial charge in [0, 0.05) is 61.6 Å². The van der Waals surface area contributed by atoms with Gasteiger partial charge in [-0.15, -0.1) is 0 Å². The summed E-state index contributed by atoms with van der Waals surface area (Å²) < 4.78 is 35.9. The molecule has 4 N–H and O–H groups in total. The molecule has 15 heteroatoms. The molecule has 8 atom stereocenters. The van der Waals surface area contributed by atoms with E-state index in [1.807, 2.05) is 6.92 Å². The highest BCUT2D eigenvalue weighted by molar-refractivity contribution is 6.31. The van der Waals surface area contributed by atoms with Gasteiger partial charge in [-0.25, -0.2) is 0 Å². The third kappa shape index (κ3) is 5.83. The van der Waals surface area contributed by atoms with E-state index in [2.05, 4.69) is 9.89 Å². The van der Waals surface area contributed by atoms with Gasteiger partial charge in [-0.2, -0.15) is 0 Å². The van der Waals surface area contributed by atoms with Crippen LogP contribution < -0.4 is 4.74 Å². The number of aliphatic hydroxyl groups is 2. The molecular weight excluding hydrogens is 680 g/mol. The predicted octanol–water partition coefficient (Wildman–Crippen LogP) is 1.81. The average molecular weight is 725 g/mol. The standard InChI is InChI=1S/C37H44N2O13/c1-16(2)21(41)14-38-24(15-40)37(46)12-19-27(33(45)29-28(31(19)43)30(42)18-7-6-8-22(47-4)26(18)32(29)44)23(13-37)51-25-11-20-34(17(3)50-25)52-35-36(48-5)49-10-9-39(20)35/h6-8,16-17,20,23,25,34-36,40,43,45-46H,9-15H2,1-5H3/b38-24+/t17-,20-,23-,25?,34+,35+,36-,37-/m0/s1. The fraction of sp³-hybridized carbons (Fsp3) is 0.568. The first kappa shape index (κ1) is 36.6. The number of ether oxygens (including phenoxy) is 6. The van der Waals surface area contributed by atoms with Gasteiger partial charge in [0.1, 0.15) is 29.0 Å². The summed E-state index contributed by atoms with van der Waals surface area (Å²) in [6, 6.07) is 4.31. The van der Waals surface area contributed by atoms with Crippen LogP contribution in [0.5, 0.6) is 17.2 Å². The number of aromatic hydroxyl groups is 2. The number of ketones is 3. The number of morpholine rings is 1. The van der Waals surface area contributed by atoms with Gasteiger partial charge in [0.2, 0.25) is 5.78 Å². The number of aliphatic imine (C=N–C) groups is 1. The molecule has 0 saturated carbocycles. The van der Waals surface area contributed by atoms with E-state index in [9.17, 15) is 34.8 Å². The Morgan fingerprint density at radius 2 is 1.85 bits per heavy atom. The van der Waals surface area contributed by atoms with E-state index in [-0.39, 0.29) is 70.5 Å². The first-order chi connectivity index (χ1) is 24.8. The van der Waals surface area contributed by atoms with Crippen LogP contribution in [-0.4, -0.2) is 132 Å². The van der Waals surface area contributed by atoms with Crippen LogP contribution in [0.25, 0.3) is 0 Å². The largest absolute Gasteiger partial charge is 0.507 e. The number of phenols is 2. The third-order valence-corrected chi connectivity index (χ3v) is 10.9. The summed E-state index contributed by atoms with van der Waals surface area (Å²) in [5, 5.41) is 46.6. The number of benzene rings is 2.